The van der Waals surface area contributed by atoms with Crippen LogP contribution in [0.25, 0.3) is 0 Å². The average Bonchev–Trinajstić information content (AvgIpc) is 2.06. The van der Waals surface area contributed by atoms with E-state index in [9.17, 15) is 22.4 Å². The fourth-order valence-electron chi connectivity index (χ4n) is 0.966. The van der Waals surface area contributed by atoms with E-state index >= 15 is 0 Å². The SMILES string of the molecule is Bc1ccc(F)c(C(=O)C(F)(F)F)c1. The van der Waals surface area contributed by atoms with Gasteiger partial charge in [0, 0.05) is 0 Å². The van der Waals surface area contributed by atoms with Gasteiger partial charge in [-0.05, 0) is 6.07 Å². The Kier molecular flexibility index (Phi) is 2.64. The summed E-state index contributed by atoms with van der Waals surface area (Å²) in [4.78, 5) is 10.7. The Morgan fingerprint density at radius 3 is 2.36 bits per heavy atom. The molecule has 0 saturated carbocycles. The van der Waals surface area contributed by atoms with Gasteiger partial charge >= 0.3 is 6.18 Å². The maximum Gasteiger partial charge on any atom is 0.454 e. The molecule has 0 radical (unpaired) electrons. The molecule has 0 unspecified atom stereocenters. The molecule has 14 heavy (non-hydrogen) atoms. The van der Waals surface area contributed by atoms with Crippen LogP contribution in [0.5, 0.6) is 0 Å². The van der Waals surface area contributed by atoms with Crippen LogP contribution in [0, 0.1) is 5.82 Å². The molecule has 0 aliphatic heterocycles. The van der Waals surface area contributed by atoms with Gasteiger partial charge in [-0.25, -0.2) is 4.39 Å². The third-order valence-corrected chi connectivity index (χ3v) is 1.62. The number of carbonyl (C=O) groups excluding carboxylic acids is 1. The highest BCUT2D eigenvalue weighted by atomic mass is 19.4. The second-order valence-corrected chi connectivity index (χ2v) is 2.81. The lowest BCUT2D eigenvalue weighted by molar-refractivity contribution is -0.0887. The van der Waals surface area contributed by atoms with Gasteiger partial charge in [-0.2, -0.15) is 13.2 Å². The van der Waals surface area contributed by atoms with E-state index in [1.54, 1.807) is 0 Å². The van der Waals surface area contributed by atoms with Crippen LogP contribution in [0.1, 0.15) is 10.4 Å². The summed E-state index contributed by atoms with van der Waals surface area (Å²) in [6.45, 7) is 0. The Bertz CT molecular complexity index is 372. The first-order valence-corrected chi connectivity index (χ1v) is 3.70. The second kappa shape index (κ2) is 3.44. The number of rotatable bonds is 1. The van der Waals surface area contributed by atoms with E-state index in [-0.39, 0.29) is 0 Å². The van der Waals surface area contributed by atoms with E-state index in [4.69, 9.17) is 0 Å². The van der Waals surface area contributed by atoms with Gasteiger partial charge in [-0.1, -0.05) is 17.6 Å². The smallest absolute Gasteiger partial charge is 0.284 e. The predicted octanol–water partition coefficient (Wildman–Crippen LogP) is 0.829. The summed E-state index contributed by atoms with van der Waals surface area (Å²) in [5.41, 5.74) is -0.531. The molecule has 0 aromatic heterocycles. The maximum atomic E-state index is 12.8. The van der Waals surface area contributed by atoms with E-state index in [2.05, 4.69) is 0 Å². The zero-order valence-electron chi connectivity index (χ0n) is 7.15. The lowest BCUT2D eigenvalue weighted by Gasteiger charge is -2.06. The second-order valence-electron chi connectivity index (χ2n) is 2.81. The van der Waals surface area contributed by atoms with Crippen molar-refractivity contribution >= 4 is 19.1 Å². The van der Waals surface area contributed by atoms with Crippen molar-refractivity contribution in [3.8, 4) is 0 Å². The molecule has 0 N–H and O–H groups in total. The molecule has 0 heterocycles. The van der Waals surface area contributed by atoms with Crippen molar-refractivity contribution < 1.29 is 22.4 Å². The molecule has 0 saturated heterocycles. The predicted molar refractivity (Wildman–Crippen MR) is 45.0 cm³/mol. The van der Waals surface area contributed by atoms with Crippen molar-refractivity contribution in [3.05, 3.63) is 29.6 Å². The number of ketones is 1. The van der Waals surface area contributed by atoms with Gasteiger partial charge in [0.25, 0.3) is 5.78 Å². The zero-order chi connectivity index (χ0) is 10.9. The maximum absolute atomic E-state index is 12.8. The monoisotopic (exact) mass is 204 g/mol. The molecule has 1 aromatic rings. The topological polar surface area (TPSA) is 17.1 Å². The minimum Gasteiger partial charge on any atom is -0.284 e. The van der Waals surface area contributed by atoms with Crippen LogP contribution in [0.3, 0.4) is 0 Å². The minimum atomic E-state index is -5.03. The lowest BCUT2D eigenvalue weighted by Crippen LogP contribution is -2.25. The molecule has 74 valence electrons. The lowest BCUT2D eigenvalue weighted by atomic mass is 9.93. The third-order valence-electron chi connectivity index (χ3n) is 1.62. The van der Waals surface area contributed by atoms with Crippen LogP contribution in [0.4, 0.5) is 17.6 Å². The van der Waals surface area contributed by atoms with Crippen molar-refractivity contribution in [1.29, 1.82) is 0 Å². The molecule has 0 fully saturated rings. The number of halogens is 4. The summed E-state index contributed by atoms with van der Waals surface area (Å²) in [7, 11) is 1.48. The van der Waals surface area contributed by atoms with Crippen LogP contribution < -0.4 is 5.46 Å². The Labute approximate surface area is 78.1 Å². The number of carbonyl (C=O) groups is 1. The average molecular weight is 204 g/mol. The van der Waals surface area contributed by atoms with Crippen LogP contribution in [0.15, 0.2) is 18.2 Å². The summed E-state index contributed by atoms with van der Waals surface area (Å²) in [5.74, 6) is -3.31. The van der Waals surface area contributed by atoms with E-state index in [1.165, 1.54) is 13.9 Å². The fraction of sp³-hybridized carbons (Fsp3) is 0.125. The minimum absolute atomic E-state index is 0.402. The number of alkyl halides is 3. The Morgan fingerprint density at radius 2 is 1.86 bits per heavy atom. The molecule has 6 heteroatoms. The number of hydrogen-bond acceptors (Lipinski definition) is 1. The fourth-order valence-corrected chi connectivity index (χ4v) is 0.966. The van der Waals surface area contributed by atoms with Crippen LogP contribution in [-0.2, 0) is 0 Å². The highest BCUT2D eigenvalue weighted by molar-refractivity contribution is 6.32. The Hall–Kier alpha value is -1.33. The highest BCUT2D eigenvalue weighted by Crippen LogP contribution is 2.22. The van der Waals surface area contributed by atoms with Gasteiger partial charge in [-0.15, -0.1) is 0 Å². The summed E-state index contributed by atoms with van der Waals surface area (Å²) in [6.07, 6.45) is -5.03. The van der Waals surface area contributed by atoms with Crippen molar-refractivity contribution in [2.45, 2.75) is 6.18 Å². The molecule has 0 aliphatic carbocycles. The highest BCUT2D eigenvalue weighted by Gasteiger charge is 2.40. The molecular weight excluding hydrogens is 199 g/mol. The van der Waals surface area contributed by atoms with Crippen LogP contribution >= 0.6 is 0 Å². The van der Waals surface area contributed by atoms with Gasteiger partial charge in [0.1, 0.15) is 13.7 Å². The molecule has 0 aliphatic rings. The summed E-state index contributed by atoms with van der Waals surface area (Å²) < 4.78 is 48.6. The molecular formula is C8H5BF4O. The standard InChI is InChI=1S/C8H5BF4O/c9-4-1-2-6(10)5(3-4)7(14)8(11,12)13/h1-3H,9H2. The Morgan fingerprint density at radius 1 is 1.29 bits per heavy atom. The van der Waals surface area contributed by atoms with Gasteiger partial charge in [0.2, 0.25) is 0 Å². The van der Waals surface area contributed by atoms with E-state index in [1.807, 2.05) is 0 Å². The molecule has 0 bridgehead atoms. The van der Waals surface area contributed by atoms with Gasteiger partial charge in [-0.3, -0.25) is 4.79 Å². The van der Waals surface area contributed by atoms with Crippen molar-refractivity contribution in [3.63, 3.8) is 0 Å². The molecule has 0 spiro atoms. The van der Waals surface area contributed by atoms with Crippen LogP contribution in [-0.4, -0.2) is 19.8 Å². The summed E-state index contributed by atoms with van der Waals surface area (Å²) >= 11 is 0. The van der Waals surface area contributed by atoms with Gasteiger partial charge in [0.15, 0.2) is 0 Å². The Balaban J connectivity index is 3.19. The third kappa shape index (κ3) is 2.13. The van der Waals surface area contributed by atoms with Crippen LogP contribution in [0.2, 0.25) is 0 Å². The summed E-state index contributed by atoms with van der Waals surface area (Å²) in [5, 5.41) is 0. The number of Topliss-reactive ketones (excluding diaryl/α,β-unsaturated/α-hetero) is 1. The van der Waals surface area contributed by atoms with Gasteiger partial charge in [0.05, 0.1) is 5.56 Å². The first-order valence-electron chi connectivity index (χ1n) is 3.70. The number of benzene rings is 1. The zero-order valence-corrected chi connectivity index (χ0v) is 7.15. The van der Waals surface area contributed by atoms with E-state index < -0.39 is 23.3 Å². The van der Waals surface area contributed by atoms with Crippen molar-refractivity contribution in [1.82, 2.24) is 0 Å². The molecule has 1 aromatic carbocycles. The molecule has 0 amide bonds. The first-order chi connectivity index (χ1) is 6.32. The largest absolute Gasteiger partial charge is 0.454 e. The molecule has 1 nitrogen and oxygen atoms in total. The van der Waals surface area contributed by atoms with Crippen molar-refractivity contribution in [2.24, 2.45) is 0 Å². The van der Waals surface area contributed by atoms with Gasteiger partial charge < -0.3 is 0 Å². The quantitative estimate of drug-likeness (QED) is 0.376. The molecule has 0 atom stereocenters. The van der Waals surface area contributed by atoms with Crippen molar-refractivity contribution in [2.75, 3.05) is 0 Å². The normalized spacial score (nSPS) is 11.4. The van der Waals surface area contributed by atoms with E-state index in [0.717, 1.165) is 12.1 Å². The molecule has 1 rings (SSSR count). The first kappa shape index (κ1) is 10.8. The number of hydrogen-bond donors (Lipinski definition) is 0. The summed E-state index contributed by atoms with van der Waals surface area (Å²) in [6, 6.07) is 3.02. The van der Waals surface area contributed by atoms with E-state index in [0.29, 0.717) is 5.46 Å².